The van der Waals surface area contributed by atoms with Crippen molar-refractivity contribution >= 4 is 19.8 Å². The van der Waals surface area contributed by atoms with Gasteiger partial charge in [-0.1, -0.05) is 189 Å². The van der Waals surface area contributed by atoms with Gasteiger partial charge in [-0.3, -0.25) is 18.6 Å². The van der Waals surface area contributed by atoms with Crippen LogP contribution in [0.25, 0.3) is 0 Å². The smallest absolute Gasteiger partial charge is 0.462 e. The maximum absolute atomic E-state index is 12.9. The molecule has 6 unspecified atom stereocenters. The summed E-state index contributed by atoms with van der Waals surface area (Å²) >= 11 is 0. The molecule has 13 nitrogen and oxygen atoms in total. The van der Waals surface area contributed by atoms with Crippen LogP contribution in [0.15, 0.2) is 72.9 Å². The molecular formula is C57H99O13P. The van der Waals surface area contributed by atoms with Crippen LogP contribution in [0.3, 0.4) is 0 Å². The highest BCUT2D eigenvalue weighted by Crippen LogP contribution is 2.47. The molecule has 1 aliphatic rings. The van der Waals surface area contributed by atoms with Gasteiger partial charge in [0.1, 0.15) is 43.2 Å². The first kappa shape index (κ1) is 66.3. The normalized spacial score (nSPS) is 21.2. The summed E-state index contributed by atoms with van der Waals surface area (Å²) in [5.74, 6) is -1.18. The molecule has 71 heavy (non-hydrogen) atoms. The Kier molecular flexibility index (Phi) is 42.8. The van der Waals surface area contributed by atoms with Crippen LogP contribution in [0.5, 0.6) is 0 Å². The molecule has 0 aromatic heterocycles. The number of hydrogen-bond acceptors (Lipinski definition) is 12. The van der Waals surface area contributed by atoms with E-state index in [9.17, 15) is 44.6 Å². The second-order valence-corrected chi connectivity index (χ2v) is 20.5. The third kappa shape index (κ3) is 37.6. The average molecular weight is 1020 g/mol. The van der Waals surface area contributed by atoms with Crippen molar-refractivity contribution in [2.75, 3.05) is 13.2 Å². The zero-order chi connectivity index (χ0) is 52.1. The Morgan fingerprint density at radius 1 is 0.437 bits per heavy atom. The molecule has 0 bridgehead atoms. The monoisotopic (exact) mass is 1020 g/mol. The second-order valence-electron chi connectivity index (χ2n) is 19.1. The van der Waals surface area contributed by atoms with Crippen molar-refractivity contribution in [2.45, 2.75) is 262 Å². The van der Waals surface area contributed by atoms with Gasteiger partial charge in [-0.25, -0.2) is 4.57 Å². The topological polar surface area (TPSA) is 210 Å². The minimum Gasteiger partial charge on any atom is -0.462 e. The minimum atomic E-state index is -5.15. The number of phosphoric acid groups is 1. The van der Waals surface area contributed by atoms with E-state index in [1.54, 1.807) is 0 Å². The number of allylic oxidation sites excluding steroid dienone is 12. The number of aliphatic hydroxyl groups excluding tert-OH is 5. The molecule has 1 rings (SSSR count). The van der Waals surface area contributed by atoms with Gasteiger partial charge in [-0.15, -0.1) is 0 Å². The number of hydrogen-bond donors (Lipinski definition) is 6. The molecule has 0 aromatic carbocycles. The predicted octanol–water partition coefficient (Wildman–Crippen LogP) is 12.6. The molecule has 0 heterocycles. The molecule has 14 heteroatoms. The molecule has 0 aliphatic heterocycles. The summed E-state index contributed by atoms with van der Waals surface area (Å²) in [5.41, 5.74) is 0. The van der Waals surface area contributed by atoms with Crippen LogP contribution in [-0.2, 0) is 32.7 Å². The summed E-state index contributed by atoms with van der Waals surface area (Å²) in [6.07, 6.45) is 46.7. The van der Waals surface area contributed by atoms with Gasteiger partial charge in [-0.2, -0.15) is 0 Å². The molecule has 8 atom stereocenters. The lowest BCUT2D eigenvalue weighted by Crippen LogP contribution is -2.64. The molecule has 0 amide bonds. The Labute approximate surface area is 429 Å². The van der Waals surface area contributed by atoms with Crippen LogP contribution in [0, 0.1) is 0 Å². The second kappa shape index (κ2) is 45.9. The quantitative estimate of drug-likeness (QED) is 0.0145. The van der Waals surface area contributed by atoms with Gasteiger partial charge in [0.05, 0.1) is 6.61 Å². The minimum absolute atomic E-state index is 0.0270. The van der Waals surface area contributed by atoms with E-state index in [-0.39, 0.29) is 12.8 Å². The zero-order valence-electron chi connectivity index (χ0n) is 44.0. The van der Waals surface area contributed by atoms with Gasteiger partial charge in [0.25, 0.3) is 0 Å². The third-order valence-electron chi connectivity index (χ3n) is 12.5. The van der Waals surface area contributed by atoms with Gasteiger partial charge < -0.3 is 39.9 Å². The first-order chi connectivity index (χ1) is 34.4. The van der Waals surface area contributed by atoms with E-state index in [1.165, 1.54) is 109 Å². The average Bonchev–Trinajstić information content (AvgIpc) is 3.35. The molecule has 0 aromatic rings. The molecule has 0 radical (unpaired) electrons. The highest BCUT2D eigenvalue weighted by molar-refractivity contribution is 7.47. The molecule has 6 N–H and O–H groups in total. The van der Waals surface area contributed by atoms with Crippen LogP contribution < -0.4 is 0 Å². The van der Waals surface area contributed by atoms with E-state index in [0.717, 1.165) is 64.2 Å². The van der Waals surface area contributed by atoms with E-state index in [2.05, 4.69) is 80.7 Å². The maximum Gasteiger partial charge on any atom is 0.472 e. The maximum atomic E-state index is 12.9. The lowest BCUT2D eigenvalue weighted by atomic mass is 9.85. The van der Waals surface area contributed by atoms with Gasteiger partial charge in [0.2, 0.25) is 0 Å². The molecule has 1 fully saturated rings. The molecular weight excluding hydrogens is 924 g/mol. The number of unbranched alkanes of at least 4 members (excludes halogenated alkanes) is 22. The van der Waals surface area contributed by atoms with Crippen LogP contribution >= 0.6 is 7.82 Å². The number of aliphatic hydroxyl groups is 5. The summed E-state index contributed by atoms with van der Waals surface area (Å²) < 4.78 is 33.6. The number of carbonyl (C=O) groups excluding carboxylic acids is 2. The Bertz CT molecular complexity index is 1510. The number of ether oxygens (including phenoxy) is 2. The van der Waals surface area contributed by atoms with Crippen molar-refractivity contribution in [3.8, 4) is 0 Å². The van der Waals surface area contributed by atoms with Crippen molar-refractivity contribution in [3.63, 3.8) is 0 Å². The molecule has 0 saturated heterocycles. The van der Waals surface area contributed by atoms with E-state index in [4.69, 9.17) is 18.5 Å². The highest BCUT2D eigenvalue weighted by Gasteiger charge is 2.51. The SMILES string of the molecule is CCCCC/C=C/C/C=C/C/C=C/C/C=C/CCCCCC(=O)OC[C@H](COP(=O)(O)OC1C(O)C(O)C(O)[C@@H](O)C1O)OC(=O)CCC/C=C/CC/C=C/CCCCCCCCCCCCCCCC. The summed E-state index contributed by atoms with van der Waals surface area (Å²) in [6.45, 7) is 3.24. The summed E-state index contributed by atoms with van der Waals surface area (Å²) in [7, 11) is -5.15. The van der Waals surface area contributed by atoms with E-state index in [0.29, 0.717) is 19.3 Å². The van der Waals surface area contributed by atoms with Crippen molar-refractivity contribution in [2.24, 2.45) is 0 Å². The largest absolute Gasteiger partial charge is 0.472 e. The lowest BCUT2D eigenvalue weighted by Gasteiger charge is -2.41. The highest BCUT2D eigenvalue weighted by atomic mass is 31.2. The molecule has 1 saturated carbocycles. The van der Waals surface area contributed by atoms with Crippen molar-refractivity contribution < 1.29 is 63.1 Å². The first-order valence-corrected chi connectivity index (χ1v) is 29.2. The standard InChI is InChI=1S/C57H99O13P/c1-3-5-7-9-11-13-15-17-19-21-23-24-25-26-28-30-32-34-36-38-40-42-44-46-51(59)69-49(48-68-71(65,66)70-57-55(63)53(61)52(60)54(62)56(57)64)47-67-50(58)45-43-41-39-37-35-33-31-29-27-22-20-18-16-14-12-10-8-6-4-2/h12,14,18,20,27,29-30,32-33,35,38,40,49,52-57,60-64H,3-11,13,15-17,19,21-26,28,31,34,36-37,39,41-48H2,1-2H3,(H,65,66)/b14-12+,20-18+,29-27+,32-30+,35-33+,40-38+/t49-,52?,53-,54?,55?,56?,57?/m1/s1. The van der Waals surface area contributed by atoms with E-state index in [1.807, 2.05) is 6.08 Å². The zero-order valence-corrected chi connectivity index (χ0v) is 44.9. The number of rotatable bonds is 46. The molecule has 410 valence electrons. The fourth-order valence-electron chi connectivity index (χ4n) is 8.06. The van der Waals surface area contributed by atoms with Crippen molar-refractivity contribution in [1.29, 1.82) is 0 Å². The Morgan fingerprint density at radius 2 is 0.789 bits per heavy atom. The van der Waals surface area contributed by atoms with E-state index < -0.39 is 75.7 Å². The lowest BCUT2D eigenvalue weighted by molar-refractivity contribution is -0.220. The Balaban J connectivity index is 2.42. The Hall–Kier alpha value is -2.71. The van der Waals surface area contributed by atoms with Crippen LogP contribution in [0.4, 0.5) is 0 Å². The van der Waals surface area contributed by atoms with E-state index >= 15 is 0 Å². The summed E-state index contributed by atoms with van der Waals surface area (Å²) in [4.78, 5) is 35.9. The number of phosphoric ester groups is 1. The van der Waals surface area contributed by atoms with Gasteiger partial charge in [0, 0.05) is 12.8 Å². The van der Waals surface area contributed by atoms with Crippen LogP contribution in [0.2, 0.25) is 0 Å². The van der Waals surface area contributed by atoms with Crippen molar-refractivity contribution in [1.82, 2.24) is 0 Å². The summed E-state index contributed by atoms with van der Waals surface area (Å²) in [6, 6.07) is 0. The fraction of sp³-hybridized carbons (Fsp3) is 0.754. The van der Waals surface area contributed by atoms with Gasteiger partial charge in [0.15, 0.2) is 6.10 Å². The number of carbonyl (C=O) groups is 2. The van der Waals surface area contributed by atoms with Crippen LogP contribution in [0.1, 0.15) is 219 Å². The van der Waals surface area contributed by atoms with Crippen molar-refractivity contribution in [3.05, 3.63) is 72.9 Å². The third-order valence-corrected chi connectivity index (χ3v) is 13.5. The first-order valence-electron chi connectivity index (χ1n) is 27.7. The molecule has 0 spiro atoms. The predicted molar refractivity (Wildman–Crippen MR) is 285 cm³/mol. The number of esters is 2. The fourth-order valence-corrected chi connectivity index (χ4v) is 9.03. The summed E-state index contributed by atoms with van der Waals surface area (Å²) in [5, 5.41) is 50.3. The Morgan fingerprint density at radius 3 is 1.28 bits per heavy atom. The van der Waals surface area contributed by atoms with Gasteiger partial charge >= 0.3 is 19.8 Å². The van der Waals surface area contributed by atoms with Gasteiger partial charge in [-0.05, 0) is 89.9 Å². The van der Waals surface area contributed by atoms with Crippen LogP contribution in [-0.4, -0.2) is 98.3 Å². The molecule has 1 aliphatic carbocycles.